The molecular formula is C13H21N. The Kier molecular flexibility index (Phi) is 3.70. The highest BCUT2D eigenvalue weighted by Gasteiger charge is 2.38. The maximum Gasteiger partial charge on any atom is 0.0178 e. The zero-order valence-corrected chi connectivity index (χ0v) is 9.51. The molecule has 0 aromatic heterocycles. The maximum atomic E-state index is 5.52. The van der Waals surface area contributed by atoms with Gasteiger partial charge in [0.25, 0.3) is 0 Å². The summed E-state index contributed by atoms with van der Waals surface area (Å²) in [5.41, 5.74) is 8.71. The average Bonchev–Trinajstić information content (AvgIpc) is 3.01. The lowest BCUT2D eigenvalue weighted by molar-refractivity contribution is 0.786. The molecule has 78 valence electrons. The lowest BCUT2D eigenvalue weighted by Gasteiger charge is -2.08. The molecule has 14 heavy (non-hydrogen) atoms. The van der Waals surface area contributed by atoms with Crippen molar-refractivity contribution in [3.05, 3.63) is 35.4 Å². The fourth-order valence-corrected chi connectivity index (χ4v) is 1.52. The van der Waals surface area contributed by atoms with E-state index in [1.807, 2.05) is 13.8 Å². The topological polar surface area (TPSA) is 26.0 Å². The van der Waals surface area contributed by atoms with Crippen molar-refractivity contribution in [1.29, 1.82) is 0 Å². The van der Waals surface area contributed by atoms with E-state index in [0.717, 1.165) is 0 Å². The first-order valence-corrected chi connectivity index (χ1v) is 5.54. The molecule has 0 aliphatic heterocycles. The predicted molar refractivity (Wildman–Crippen MR) is 62.3 cm³/mol. The number of hydrogen-bond acceptors (Lipinski definition) is 1. The molecule has 1 aliphatic rings. The Bertz CT molecular complexity index is 270. The Morgan fingerprint density at radius 1 is 1.14 bits per heavy atom. The summed E-state index contributed by atoms with van der Waals surface area (Å²) < 4.78 is 0. The van der Waals surface area contributed by atoms with Crippen LogP contribution in [0.2, 0.25) is 0 Å². The van der Waals surface area contributed by atoms with Gasteiger partial charge in [0.1, 0.15) is 0 Å². The second kappa shape index (κ2) is 4.61. The first-order valence-electron chi connectivity index (χ1n) is 5.54. The van der Waals surface area contributed by atoms with Gasteiger partial charge < -0.3 is 5.73 Å². The van der Waals surface area contributed by atoms with Crippen molar-refractivity contribution in [3.63, 3.8) is 0 Å². The van der Waals surface area contributed by atoms with E-state index in [4.69, 9.17) is 5.73 Å². The third-order valence-corrected chi connectivity index (χ3v) is 2.89. The van der Waals surface area contributed by atoms with Gasteiger partial charge in [-0.1, -0.05) is 45.0 Å². The number of rotatable bonds is 2. The first-order chi connectivity index (χ1) is 6.74. The molecule has 1 aliphatic carbocycles. The van der Waals surface area contributed by atoms with Crippen LogP contribution in [0, 0.1) is 0 Å². The Morgan fingerprint density at radius 3 is 2.00 bits per heavy atom. The van der Waals surface area contributed by atoms with Crippen molar-refractivity contribution >= 4 is 0 Å². The van der Waals surface area contributed by atoms with Gasteiger partial charge in [0, 0.05) is 6.54 Å². The van der Waals surface area contributed by atoms with Gasteiger partial charge in [-0.15, -0.1) is 0 Å². The molecule has 0 spiro atoms. The summed E-state index contributed by atoms with van der Waals surface area (Å²) in [6.45, 7) is 6.97. The van der Waals surface area contributed by atoms with Crippen LogP contribution in [-0.2, 0) is 12.0 Å². The molecule has 1 nitrogen and oxygen atoms in total. The minimum absolute atomic E-state index is 0.493. The standard InChI is InChI=1S/C11H15N.C2H6/c1-11(6-7-11)10-4-2-9(8-12)3-5-10;1-2/h2-5H,6-8,12H2,1H3;1-2H3. The second-order valence-electron chi connectivity index (χ2n) is 3.96. The Balaban J connectivity index is 0.000000461. The van der Waals surface area contributed by atoms with Gasteiger partial charge in [0.2, 0.25) is 0 Å². The molecule has 2 rings (SSSR count). The summed E-state index contributed by atoms with van der Waals surface area (Å²) in [7, 11) is 0. The lowest BCUT2D eigenvalue weighted by Crippen LogP contribution is -2.01. The van der Waals surface area contributed by atoms with Crippen LogP contribution in [0.25, 0.3) is 0 Å². The fourth-order valence-electron chi connectivity index (χ4n) is 1.52. The van der Waals surface area contributed by atoms with E-state index in [9.17, 15) is 0 Å². The van der Waals surface area contributed by atoms with Crippen LogP contribution in [-0.4, -0.2) is 0 Å². The van der Waals surface area contributed by atoms with Gasteiger partial charge in [0.15, 0.2) is 0 Å². The van der Waals surface area contributed by atoms with E-state index < -0.39 is 0 Å². The molecule has 1 saturated carbocycles. The van der Waals surface area contributed by atoms with Gasteiger partial charge in [-0.05, 0) is 29.4 Å². The number of nitrogens with two attached hydrogens (primary N) is 1. The Morgan fingerprint density at radius 2 is 1.64 bits per heavy atom. The van der Waals surface area contributed by atoms with Crippen molar-refractivity contribution in [3.8, 4) is 0 Å². The van der Waals surface area contributed by atoms with Crippen LogP contribution in [0.3, 0.4) is 0 Å². The SMILES string of the molecule is CC.CC1(c2ccc(CN)cc2)CC1. The third-order valence-electron chi connectivity index (χ3n) is 2.89. The molecule has 0 radical (unpaired) electrons. The minimum atomic E-state index is 0.493. The van der Waals surface area contributed by atoms with Crippen molar-refractivity contribution in [1.82, 2.24) is 0 Å². The zero-order chi connectivity index (χ0) is 10.6. The number of hydrogen-bond donors (Lipinski definition) is 1. The Labute approximate surface area is 87.3 Å². The summed E-state index contributed by atoms with van der Waals surface area (Å²) in [6.07, 6.45) is 2.68. The zero-order valence-electron chi connectivity index (χ0n) is 9.51. The Hall–Kier alpha value is -0.820. The molecule has 1 aromatic carbocycles. The predicted octanol–water partition coefficient (Wildman–Crippen LogP) is 3.22. The van der Waals surface area contributed by atoms with E-state index in [1.165, 1.54) is 24.0 Å². The highest BCUT2D eigenvalue weighted by Crippen LogP contribution is 2.47. The van der Waals surface area contributed by atoms with Gasteiger partial charge in [-0.2, -0.15) is 0 Å². The summed E-state index contributed by atoms with van der Waals surface area (Å²) in [6, 6.07) is 8.71. The highest BCUT2D eigenvalue weighted by molar-refractivity contribution is 5.32. The molecule has 1 aromatic rings. The van der Waals surface area contributed by atoms with E-state index in [-0.39, 0.29) is 0 Å². The summed E-state index contributed by atoms with van der Waals surface area (Å²) in [4.78, 5) is 0. The molecule has 0 saturated heterocycles. The monoisotopic (exact) mass is 191 g/mol. The first kappa shape index (κ1) is 11.3. The maximum absolute atomic E-state index is 5.52. The largest absolute Gasteiger partial charge is 0.326 e. The van der Waals surface area contributed by atoms with Crippen molar-refractivity contribution in [2.24, 2.45) is 5.73 Å². The van der Waals surface area contributed by atoms with E-state index in [0.29, 0.717) is 12.0 Å². The summed E-state index contributed by atoms with van der Waals surface area (Å²) in [5.74, 6) is 0. The van der Waals surface area contributed by atoms with Crippen molar-refractivity contribution in [2.45, 2.75) is 45.6 Å². The molecule has 0 heterocycles. The van der Waals surface area contributed by atoms with Gasteiger partial charge in [-0.25, -0.2) is 0 Å². The van der Waals surface area contributed by atoms with E-state index in [2.05, 4.69) is 31.2 Å². The molecule has 1 heteroatoms. The second-order valence-corrected chi connectivity index (χ2v) is 3.96. The van der Waals surface area contributed by atoms with Gasteiger partial charge in [-0.3, -0.25) is 0 Å². The van der Waals surface area contributed by atoms with Crippen molar-refractivity contribution in [2.75, 3.05) is 0 Å². The quantitative estimate of drug-likeness (QED) is 0.763. The molecule has 0 atom stereocenters. The van der Waals surface area contributed by atoms with Crippen LogP contribution in [0.4, 0.5) is 0 Å². The molecular weight excluding hydrogens is 170 g/mol. The minimum Gasteiger partial charge on any atom is -0.326 e. The van der Waals surface area contributed by atoms with Crippen LogP contribution in [0.15, 0.2) is 24.3 Å². The number of benzene rings is 1. The van der Waals surface area contributed by atoms with Crippen LogP contribution < -0.4 is 5.73 Å². The lowest BCUT2D eigenvalue weighted by atomic mass is 9.97. The molecule has 2 N–H and O–H groups in total. The smallest absolute Gasteiger partial charge is 0.0178 e. The molecule has 1 fully saturated rings. The molecule has 0 bridgehead atoms. The summed E-state index contributed by atoms with van der Waals surface area (Å²) >= 11 is 0. The normalized spacial score (nSPS) is 16.9. The van der Waals surface area contributed by atoms with Crippen LogP contribution >= 0.6 is 0 Å². The molecule has 0 unspecified atom stereocenters. The van der Waals surface area contributed by atoms with Crippen LogP contribution in [0.5, 0.6) is 0 Å². The van der Waals surface area contributed by atoms with Crippen LogP contribution in [0.1, 0.15) is 44.7 Å². The molecule has 0 amide bonds. The third kappa shape index (κ3) is 2.36. The highest BCUT2D eigenvalue weighted by atomic mass is 14.5. The van der Waals surface area contributed by atoms with Crippen molar-refractivity contribution < 1.29 is 0 Å². The van der Waals surface area contributed by atoms with E-state index >= 15 is 0 Å². The van der Waals surface area contributed by atoms with E-state index in [1.54, 1.807) is 0 Å². The fraction of sp³-hybridized carbons (Fsp3) is 0.538. The van der Waals surface area contributed by atoms with Gasteiger partial charge in [0.05, 0.1) is 0 Å². The average molecular weight is 191 g/mol. The van der Waals surface area contributed by atoms with Gasteiger partial charge >= 0.3 is 0 Å². The summed E-state index contributed by atoms with van der Waals surface area (Å²) in [5, 5.41) is 0.